The first-order valence-corrected chi connectivity index (χ1v) is 5.23. The van der Waals surface area contributed by atoms with Crippen LogP contribution in [0.25, 0.3) is 0 Å². The molecular weight excluding hydrogens is 222 g/mol. The number of cyclic esters (lactones) is 1. The maximum Gasteiger partial charge on any atom is 0.415 e. The van der Waals surface area contributed by atoms with Crippen molar-refractivity contribution in [2.24, 2.45) is 0 Å². The molecule has 1 saturated heterocycles. The van der Waals surface area contributed by atoms with Crippen molar-refractivity contribution in [2.45, 2.75) is 19.4 Å². The highest BCUT2D eigenvalue weighted by Gasteiger charge is 2.48. The fraction of sp³-hybridized carbons (Fsp3) is 0.333. The second kappa shape index (κ2) is 3.76. The first kappa shape index (κ1) is 11.4. The predicted octanol–water partition coefficient (Wildman–Crippen LogP) is 1.79. The minimum absolute atomic E-state index is 0.0185. The Bertz CT molecular complexity index is 485. The topological polar surface area (TPSA) is 66.8 Å². The van der Waals surface area contributed by atoms with Gasteiger partial charge >= 0.3 is 12.1 Å². The minimum atomic E-state index is -1.47. The third-order valence-electron chi connectivity index (χ3n) is 2.76. The molecule has 1 aliphatic heterocycles. The van der Waals surface area contributed by atoms with Gasteiger partial charge in [-0.25, -0.2) is 9.59 Å². The lowest BCUT2D eigenvalue weighted by Crippen LogP contribution is -2.39. The summed E-state index contributed by atoms with van der Waals surface area (Å²) in [7, 11) is 0. The number of rotatable bonds is 2. The fourth-order valence-corrected chi connectivity index (χ4v) is 1.75. The Labute approximate surface area is 98.6 Å². The number of carbonyl (C=O) groups excluding carboxylic acids is 1. The van der Waals surface area contributed by atoms with Gasteiger partial charge in [-0.05, 0) is 31.5 Å². The summed E-state index contributed by atoms with van der Waals surface area (Å²) in [5.74, 6) is -1.14. The maximum absolute atomic E-state index is 11.6. The molecule has 1 amide bonds. The van der Waals surface area contributed by atoms with Crippen molar-refractivity contribution in [3.05, 3.63) is 29.8 Å². The van der Waals surface area contributed by atoms with Gasteiger partial charge in [-0.2, -0.15) is 0 Å². The number of carbonyl (C=O) groups is 2. The summed E-state index contributed by atoms with van der Waals surface area (Å²) in [6, 6.07) is 7.28. The zero-order valence-electron chi connectivity index (χ0n) is 9.64. The van der Waals surface area contributed by atoms with Gasteiger partial charge in [0.15, 0.2) is 0 Å². The Kier molecular flexibility index (Phi) is 2.53. The molecule has 1 N–H and O–H groups in total. The van der Waals surface area contributed by atoms with Crippen LogP contribution in [0.1, 0.15) is 12.5 Å². The molecule has 1 aliphatic rings. The lowest BCUT2D eigenvalue weighted by molar-refractivity contribution is -0.152. The van der Waals surface area contributed by atoms with Gasteiger partial charge in [0.25, 0.3) is 0 Å². The number of carboxylic acid groups (broad SMARTS) is 1. The van der Waals surface area contributed by atoms with Gasteiger partial charge in [0.2, 0.25) is 5.60 Å². The summed E-state index contributed by atoms with van der Waals surface area (Å²) < 4.78 is 4.90. The predicted molar refractivity (Wildman–Crippen MR) is 61.0 cm³/mol. The highest BCUT2D eigenvalue weighted by Crippen LogP contribution is 2.28. The molecule has 1 atom stereocenters. The van der Waals surface area contributed by atoms with Crippen molar-refractivity contribution in [1.29, 1.82) is 0 Å². The molecule has 1 aromatic rings. The number of anilines is 1. The Hall–Kier alpha value is -2.04. The molecule has 17 heavy (non-hydrogen) atoms. The number of hydrogen-bond acceptors (Lipinski definition) is 3. The molecule has 1 unspecified atom stereocenters. The Balaban J connectivity index is 2.30. The highest BCUT2D eigenvalue weighted by molar-refractivity contribution is 5.95. The molecule has 0 aliphatic carbocycles. The largest absolute Gasteiger partial charge is 0.478 e. The number of nitrogens with zero attached hydrogens (tertiary/aromatic N) is 1. The highest BCUT2D eigenvalue weighted by atomic mass is 16.6. The average Bonchev–Trinajstić information content (AvgIpc) is 2.56. The lowest BCUT2D eigenvalue weighted by Gasteiger charge is -2.16. The zero-order chi connectivity index (χ0) is 12.6. The Morgan fingerprint density at radius 3 is 2.76 bits per heavy atom. The smallest absolute Gasteiger partial charge is 0.415 e. The third-order valence-corrected chi connectivity index (χ3v) is 2.76. The molecule has 0 bridgehead atoms. The molecule has 1 heterocycles. The normalized spacial score (nSPS) is 23.6. The summed E-state index contributed by atoms with van der Waals surface area (Å²) in [4.78, 5) is 24.0. The Morgan fingerprint density at radius 2 is 2.24 bits per heavy atom. The van der Waals surface area contributed by atoms with Gasteiger partial charge in [-0.3, -0.25) is 4.90 Å². The quantitative estimate of drug-likeness (QED) is 0.848. The van der Waals surface area contributed by atoms with E-state index in [9.17, 15) is 9.59 Å². The van der Waals surface area contributed by atoms with Crippen molar-refractivity contribution in [2.75, 3.05) is 11.4 Å². The molecule has 1 fully saturated rings. The molecule has 1 aromatic carbocycles. The monoisotopic (exact) mass is 235 g/mol. The lowest BCUT2D eigenvalue weighted by atomic mass is 10.1. The summed E-state index contributed by atoms with van der Waals surface area (Å²) in [6.45, 7) is 3.31. The van der Waals surface area contributed by atoms with Crippen molar-refractivity contribution >= 4 is 17.7 Å². The molecule has 90 valence electrons. The van der Waals surface area contributed by atoms with E-state index in [1.54, 1.807) is 6.07 Å². The number of aliphatic carboxylic acids is 1. The molecule has 0 aromatic heterocycles. The van der Waals surface area contributed by atoms with Crippen LogP contribution in [0.3, 0.4) is 0 Å². The van der Waals surface area contributed by atoms with Gasteiger partial charge in [-0.1, -0.05) is 12.1 Å². The van der Waals surface area contributed by atoms with E-state index in [2.05, 4.69) is 0 Å². The number of hydrogen-bond donors (Lipinski definition) is 1. The number of carboxylic acids is 1. The number of amides is 1. The van der Waals surface area contributed by atoms with Crippen LogP contribution in [0, 0.1) is 6.92 Å². The van der Waals surface area contributed by atoms with E-state index in [0.717, 1.165) is 5.56 Å². The summed E-state index contributed by atoms with van der Waals surface area (Å²) >= 11 is 0. The van der Waals surface area contributed by atoms with Crippen LogP contribution in [0.4, 0.5) is 10.5 Å². The van der Waals surface area contributed by atoms with Crippen LogP contribution in [-0.2, 0) is 9.53 Å². The van der Waals surface area contributed by atoms with E-state index in [1.807, 2.05) is 25.1 Å². The third kappa shape index (κ3) is 1.95. The number of benzene rings is 1. The van der Waals surface area contributed by atoms with Crippen LogP contribution in [0.5, 0.6) is 0 Å². The van der Waals surface area contributed by atoms with Crippen molar-refractivity contribution < 1.29 is 19.4 Å². The molecular formula is C12H13NO4. The van der Waals surface area contributed by atoms with Gasteiger partial charge in [0.1, 0.15) is 0 Å². The second-order valence-corrected chi connectivity index (χ2v) is 4.33. The minimum Gasteiger partial charge on any atom is -0.478 e. The first-order valence-electron chi connectivity index (χ1n) is 5.23. The van der Waals surface area contributed by atoms with Gasteiger partial charge in [0, 0.05) is 5.69 Å². The van der Waals surface area contributed by atoms with Crippen LogP contribution in [-0.4, -0.2) is 29.3 Å². The molecule has 0 spiro atoms. The molecule has 5 heteroatoms. The average molecular weight is 235 g/mol. The second-order valence-electron chi connectivity index (χ2n) is 4.33. The van der Waals surface area contributed by atoms with Crippen molar-refractivity contribution in [3.8, 4) is 0 Å². The SMILES string of the molecule is Cc1cccc(N2CC(C)(C(=O)O)OC2=O)c1. The maximum atomic E-state index is 11.6. The molecule has 0 radical (unpaired) electrons. The molecule has 5 nitrogen and oxygen atoms in total. The van der Waals surface area contributed by atoms with E-state index in [-0.39, 0.29) is 6.54 Å². The first-order chi connectivity index (χ1) is 7.92. The summed E-state index contributed by atoms with van der Waals surface area (Å²) in [5.41, 5.74) is 0.181. The van der Waals surface area contributed by atoms with Crippen molar-refractivity contribution in [3.63, 3.8) is 0 Å². The fourth-order valence-electron chi connectivity index (χ4n) is 1.75. The Morgan fingerprint density at radius 1 is 1.53 bits per heavy atom. The van der Waals surface area contributed by atoms with Gasteiger partial charge in [0.05, 0.1) is 6.54 Å². The van der Waals surface area contributed by atoms with Crippen LogP contribution in [0.15, 0.2) is 24.3 Å². The summed E-state index contributed by atoms with van der Waals surface area (Å²) in [6.07, 6.45) is -0.625. The standard InChI is InChI=1S/C12H13NO4/c1-8-4-3-5-9(6-8)13-7-12(2,10(14)15)17-11(13)16/h3-6H,7H2,1-2H3,(H,14,15). The van der Waals surface area contributed by atoms with Crippen LogP contribution < -0.4 is 4.90 Å². The number of ether oxygens (including phenoxy) is 1. The number of aryl methyl sites for hydroxylation is 1. The van der Waals surface area contributed by atoms with Gasteiger partial charge < -0.3 is 9.84 Å². The van der Waals surface area contributed by atoms with E-state index in [4.69, 9.17) is 9.84 Å². The molecule has 2 rings (SSSR count). The van der Waals surface area contributed by atoms with E-state index in [0.29, 0.717) is 5.69 Å². The summed E-state index contributed by atoms with van der Waals surface area (Å²) in [5, 5.41) is 9.01. The zero-order valence-corrected chi connectivity index (χ0v) is 9.64. The van der Waals surface area contributed by atoms with Crippen LogP contribution in [0.2, 0.25) is 0 Å². The van der Waals surface area contributed by atoms with E-state index in [1.165, 1.54) is 11.8 Å². The van der Waals surface area contributed by atoms with E-state index < -0.39 is 17.7 Å². The molecule has 0 saturated carbocycles. The van der Waals surface area contributed by atoms with Crippen LogP contribution >= 0.6 is 0 Å². The van der Waals surface area contributed by atoms with Gasteiger partial charge in [-0.15, -0.1) is 0 Å². The van der Waals surface area contributed by atoms with E-state index >= 15 is 0 Å². The van der Waals surface area contributed by atoms with Crippen molar-refractivity contribution in [1.82, 2.24) is 0 Å².